The number of benzene rings is 2. The SMILES string of the molecule is CCCc1ccccc1[C@H]1COc2ccc(C(O)C(=O)O)cc2N(CC2CCC2C(O)/C=C/C(C)CN(C)C(C)=O)C1.CCl. The summed E-state index contributed by atoms with van der Waals surface area (Å²) in [5.74, 6) is -0.0197. The largest absolute Gasteiger partial charge is 0.491 e. The summed E-state index contributed by atoms with van der Waals surface area (Å²) in [6, 6.07) is 13.6. The highest BCUT2D eigenvalue weighted by Gasteiger charge is 2.38. The van der Waals surface area contributed by atoms with E-state index in [1.54, 1.807) is 37.1 Å². The van der Waals surface area contributed by atoms with Crippen LogP contribution in [0.2, 0.25) is 0 Å². The van der Waals surface area contributed by atoms with Gasteiger partial charge in [0.05, 0.1) is 18.4 Å². The molecule has 0 spiro atoms. The number of alkyl halides is 1. The first-order chi connectivity index (χ1) is 21.1. The number of rotatable bonds is 12. The summed E-state index contributed by atoms with van der Waals surface area (Å²) in [7, 11) is 1.78. The second-order valence-electron chi connectivity index (χ2n) is 12.1. The molecule has 0 bridgehead atoms. The molecule has 1 fully saturated rings. The molecule has 6 atom stereocenters. The molecule has 1 saturated carbocycles. The van der Waals surface area contributed by atoms with E-state index in [2.05, 4.69) is 47.7 Å². The zero-order valence-corrected chi connectivity index (χ0v) is 27.4. The summed E-state index contributed by atoms with van der Waals surface area (Å²) in [5, 5.41) is 30.8. The van der Waals surface area contributed by atoms with Crippen molar-refractivity contribution in [2.45, 2.75) is 64.6 Å². The maximum atomic E-state index is 11.6. The average molecular weight is 629 g/mol. The van der Waals surface area contributed by atoms with Gasteiger partial charge in [-0.05, 0) is 65.8 Å². The summed E-state index contributed by atoms with van der Waals surface area (Å²) in [4.78, 5) is 27.1. The fourth-order valence-electron chi connectivity index (χ4n) is 6.24. The third-order valence-corrected chi connectivity index (χ3v) is 8.87. The van der Waals surface area contributed by atoms with Crippen molar-refractivity contribution >= 4 is 29.2 Å². The number of amides is 1. The molecule has 242 valence electrons. The van der Waals surface area contributed by atoms with Crippen LogP contribution < -0.4 is 9.64 Å². The van der Waals surface area contributed by atoms with E-state index >= 15 is 0 Å². The van der Waals surface area contributed by atoms with Gasteiger partial charge in [-0.1, -0.05) is 62.8 Å². The molecule has 1 amide bonds. The van der Waals surface area contributed by atoms with Crippen molar-refractivity contribution in [3.8, 4) is 5.75 Å². The van der Waals surface area contributed by atoms with Crippen LogP contribution in [0.25, 0.3) is 0 Å². The minimum absolute atomic E-state index is 0.0196. The first-order valence-corrected chi connectivity index (χ1v) is 16.3. The Morgan fingerprint density at radius 3 is 2.50 bits per heavy atom. The van der Waals surface area contributed by atoms with Gasteiger partial charge in [0.15, 0.2) is 6.10 Å². The Labute approximate surface area is 267 Å². The number of carboxylic acids is 1. The molecule has 0 saturated heterocycles. The van der Waals surface area contributed by atoms with E-state index < -0.39 is 18.2 Å². The molecular weight excluding hydrogens is 580 g/mol. The zero-order valence-electron chi connectivity index (χ0n) is 26.7. The molecule has 8 nitrogen and oxygen atoms in total. The molecule has 1 aliphatic carbocycles. The molecule has 1 heterocycles. The number of aliphatic carboxylic acids is 1. The van der Waals surface area contributed by atoms with Gasteiger partial charge in [0.2, 0.25) is 5.91 Å². The molecule has 5 unspecified atom stereocenters. The van der Waals surface area contributed by atoms with Gasteiger partial charge >= 0.3 is 5.97 Å². The number of nitrogens with zero attached hydrogens (tertiary/aromatic N) is 2. The predicted octanol–water partition coefficient (Wildman–Crippen LogP) is 5.65. The van der Waals surface area contributed by atoms with Crippen molar-refractivity contribution in [2.75, 3.05) is 44.6 Å². The Hall–Kier alpha value is -3.07. The van der Waals surface area contributed by atoms with Gasteiger partial charge in [-0.3, -0.25) is 4.79 Å². The fourth-order valence-corrected chi connectivity index (χ4v) is 6.24. The van der Waals surface area contributed by atoms with Crippen LogP contribution in [0, 0.1) is 17.8 Å². The number of aryl methyl sites for hydroxylation is 1. The monoisotopic (exact) mass is 628 g/mol. The maximum absolute atomic E-state index is 11.6. The summed E-state index contributed by atoms with van der Waals surface area (Å²) in [5.41, 5.74) is 3.67. The highest BCUT2D eigenvalue weighted by atomic mass is 35.5. The second-order valence-corrected chi connectivity index (χ2v) is 12.1. The van der Waals surface area contributed by atoms with Crippen molar-refractivity contribution in [3.63, 3.8) is 0 Å². The topological polar surface area (TPSA) is 111 Å². The molecule has 4 rings (SSSR count). The minimum Gasteiger partial charge on any atom is -0.491 e. The Morgan fingerprint density at radius 2 is 1.86 bits per heavy atom. The summed E-state index contributed by atoms with van der Waals surface area (Å²) in [6.07, 6.45) is 7.08. The van der Waals surface area contributed by atoms with E-state index in [1.807, 2.05) is 19.1 Å². The Kier molecular flexibility index (Phi) is 13.6. The van der Waals surface area contributed by atoms with Gasteiger partial charge in [0.25, 0.3) is 0 Å². The summed E-state index contributed by atoms with van der Waals surface area (Å²) in [6.45, 7) is 8.23. The predicted molar refractivity (Wildman–Crippen MR) is 176 cm³/mol. The lowest BCUT2D eigenvalue weighted by molar-refractivity contribution is -0.147. The van der Waals surface area contributed by atoms with Crippen molar-refractivity contribution in [2.24, 2.45) is 17.8 Å². The number of aliphatic hydroxyl groups is 2. The standard InChI is InChI=1S/C34H46N2O6.CH3Cl/c1-5-8-24-9-6-7-10-28(24)27-20-36(30-17-25(33(39)34(40)41)13-16-32(30)42-21-27)19-26-12-14-29(26)31(38)15-11-22(2)18-35(4)23(3)37;1-2/h6-7,9-11,13,15-17,22,26-27,29,31,33,38-39H,5,8,12,14,18-21H2,1-4H3,(H,40,41);1H3/b15-11+;/t22?,26?,27-,29?,31?,33?;/m1./s1. The Morgan fingerprint density at radius 1 is 1.14 bits per heavy atom. The maximum Gasteiger partial charge on any atom is 0.337 e. The molecule has 1 aliphatic heterocycles. The lowest BCUT2D eigenvalue weighted by atomic mass is 9.70. The number of fused-ring (bicyclic) bond motifs is 1. The molecular formula is C35H49ClN2O6. The van der Waals surface area contributed by atoms with Crippen molar-refractivity contribution in [1.82, 2.24) is 4.90 Å². The van der Waals surface area contributed by atoms with Crippen LogP contribution in [0.5, 0.6) is 5.75 Å². The van der Waals surface area contributed by atoms with E-state index in [9.17, 15) is 24.9 Å². The van der Waals surface area contributed by atoms with Gasteiger partial charge in [-0.25, -0.2) is 4.79 Å². The summed E-state index contributed by atoms with van der Waals surface area (Å²) < 4.78 is 6.34. The van der Waals surface area contributed by atoms with Crippen molar-refractivity contribution in [1.29, 1.82) is 0 Å². The number of carboxylic acid groups (broad SMARTS) is 1. The number of aliphatic hydroxyl groups excluding tert-OH is 2. The fraction of sp³-hybridized carbons (Fsp3) is 0.543. The molecule has 9 heteroatoms. The summed E-state index contributed by atoms with van der Waals surface area (Å²) >= 11 is 4.64. The third kappa shape index (κ3) is 8.99. The lowest BCUT2D eigenvalue weighted by Crippen LogP contribution is -2.44. The molecule has 44 heavy (non-hydrogen) atoms. The van der Waals surface area contributed by atoms with E-state index in [4.69, 9.17) is 4.74 Å². The van der Waals surface area contributed by atoms with Crippen LogP contribution in [0.3, 0.4) is 0 Å². The number of carbonyl (C=O) groups excluding carboxylic acids is 1. The average Bonchev–Trinajstić information content (AvgIpc) is 3.18. The van der Waals surface area contributed by atoms with Crippen LogP contribution in [-0.4, -0.2) is 77.9 Å². The number of hydrogen-bond donors (Lipinski definition) is 3. The smallest absolute Gasteiger partial charge is 0.337 e. The molecule has 2 aliphatic rings. The molecule has 2 aromatic rings. The molecule has 0 radical (unpaired) electrons. The van der Waals surface area contributed by atoms with Crippen molar-refractivity contribution < 1.29 is 29.6 Å². The van der Waals surface area contributed by atoms with Crippen LogP contribution in [0.15, 0.2) is 54.6 Å². The number of halogens is 1. The number of hydrogen-bond acceptors (Lipinski definition) is 6. The van der Waals surface area contributed by atoms with E-state index in [1.165, 1.54) is 17.5 Å². The molecule has 0 aromatic heterocycles. The number of anilines is 1. The number of carbonyl (C=O) groups is 2. The Balaban J connectivity index is 0.00000259. The lowest BCUT2D eigenvalue weighted by Gasteiger charge is -2.42. The van der Waals surface area contributed by atoms with Gasteiger partial charge in [-0.15, -0.1) is 11.6 Å². The second kappa shape index (κ2) is 16.8. The van der Waals surface area contributed by atoms with E-state index in [0.29, 0.717) is 37.6 Å². The van der Waals surface area contributed by atoms with Crippen LogP contribution in [0.4, 0.5) is 5.69 Å². The molecule has 3 N–H and O–H groups in total. The van der Waals surface area contributed by atoms with Gasteiger partial charge in [-0.2, -0.15) is 0 Å². The third-order valence-electron chi connectivity index (χ3n) is 8.87. The van der Waals surface area contributed by atoms with Crippen molar-refractivity contribution in [3.05, 3.63) is 71.3 Å². The van der Waals surface area contributed by atoms with Crippen LogP contribution in [-0.2, 0) is 16.0 Å². The first-order valence-electron chi connectivity index (χ1n) is 15.5. The van der Waals surface area contributed by atoms with E-state index in [0.717, 1.165) is 31.4 Å². The number of ether oxygens (including phenoxy) is 1. The zero-order chi connectivity index (χ0) is 32.4. The van der Waals surface area contributed by atoms with Gasteiger partial charge < -0.3 is 29.9 Å². The Bertz CT molecular complexity index is 1270. The van der Waals surface area contributed by atoms with Crippen LogP contribution in [0.1, 0.15) is 68.7 Å². The van der Waals surface area contributed by atoms with Gasteiger partial charge in [0, 0.05) is 45.9 Å². The van der Waals surface area contributed by atoms with Crippen LogP contribution >= 0.6 is 11.6 Å². The molecule has 2 aromatic carbocycles. The normalized spacial score (nSPS) is 21.5. The minimum atomic E-state index is -1.62. The highest BCUT2D eigenvalue weighted by Crippen LogP contribution is 2.42. The quantitative estimate of drug-likeness (QED) is 0.206. The highest BCUT2D eigenvalue weighted by molar-refractivity contribution is 6.15. The van der Waals surface area contributed by atoms with E-state index in [-0.39, 0.29) is 29.6 Å². The first kappa shape index (κ1) is 35.4. The van der Waals surface area contributed by atoms with Gasteiger partial charge in [0.1, 0.15) is 5.75 Å².